The molecule has 0 aliphatic rings. The van der Waals surface area contributed by atoms with Gasteiger partial charge in [0.05, 0.1) is 17.6 Å². The molecule has 0 aromatic heterocycles. The van der Waals surface area contributed by atoms with Crippen LogP contribution < -0.4 is 5.32 Å². The van der Waals surface area contributed by atoms with E-state index < -0.39 is 0 Å². The minimum Gasteiger partial charge on any atom is -0.365 e. The summed E-state index contributed by atoms with van der Waals surface area (Å²) in [5.74, 6) is 5.40. The second-order valence-corrected chi connectivity index (χ2v) is 5.66. The van der Waals surface area contributed by atoms with Gasteiger partial charge in [-0.1, -0.05) is 27.2 Å². The highest BCUT2D eigenvalue weighted by atomic mass is 32.2. The Morgan fingerprint density at radius 3 is 2.47 bits per heavy atom. The summed E-state index contributed by atoms with van der Waals surface area (Å²) in [5, 5.41) is 3.41. The van der Waals surface area contributed by atoms with Crippen LogP contribution >= 0.6 is 23.5 Å². The summed E-state index contributed by atoms with van der Waals surface area (Å²) in [6.45, 7) is 6.58. The number of nitrogens with one attached hydrogen (secondary N) is 1. The lowest BCUT2D eigenvalue weighted by atomic mass is 10.2. The molecule has 0 bridgehead atoms. The number of hydrogen-bond acceptors (Lipinski definition) is 3. The fourth-order valence-electron chi connectivity index (χ4n) is 1.02. The Labute approximate surface area is 103 Å². The highest BCUT2D eigenvalue weighted by Crippen LogP contribution is 2.03. The molecule has 0 spiro atoms. The van der Waals surface area contributed by atoms with Crippen LogP contribution in [0.3, 0.4) is 0 Å². The van der Waals surface area contributed by atoms with Crippen molar-refractivity contribution in [3.8, 4) is 0 Å². The van der Waals surface area contributed by atoms with Crippen molar-refractivity contribution in [3.63, 3.8) is 0 Å². The monoisotopic (exact) mass is 248 g/mol. The maximum absolute atomic E-state index is 4.58. The maximum atomic E-state index is 4.58. The zero-order chi connectivity index (χ0) is 11.4. The standard InChI is InChI=1S/C11H24N2S2/c1-4-7-8-11(12-9-14-5-2)13-10-15-6-3/h4-10H2,1-3H3,(H,12,13). The normalized spacial score (nSPS) is 11.8. The zero-order valence-electron chi connectivity index (χ0n) is 10.2. The molecule has 0 saturated carbocycles. The lowest BCUT2D eigenvalue weighted by Crippen LogP contribution is -2.23. The van der Waals surface area contributed by atoms with Crippen molar-refractivity contribution in [1.29, 1.82) is 0 Å². The van der Waals surface area contributed by atoms with Gasteiger partial charge in [-0.15, -0.1) is 23.5 Å². The Bertz CT molecular complexity index is 161. The van der Waals surface area contributed by atoms with Gasteiger partial charge in [0.2, 0.25) is 0 Å². The van der Waals surface area contributed by atoms with Gasteiger partial charge < -0.3 is 5.32 Å². The molecule has 0 amide bonds. The van der Waals surface area contributed by atoms with E-state index in [1.165, 1.54) is 18.7 Å². The first-order chi connectivity index (χ1) is 7.35. The van der Waals surface area contributed by atoms with Crippen LogP contribution in [0.1, 0.15) is 40.0 Å². The Hall–Kier alpha value is 0.170. The number of rotatable bonds is 9. The Morgan fingerprint density at radius 1 is 1.13 bits per heavy atom. The molecule has 90 valence electrons. The Kier molecular flexibility index (Phi) is 12.4. The van der Waals surface area contributed by atoms with Crippen molar-refractivity contribution in [2.45, 2.75) is 40.0 Å². The van der Waals surface area contributed by atoms with E-state index in [2.05, 4.69) is 31.1 Å². The molecule has 0 aromatic rings. The number of aliphatic imine (C=N–C) groups is 1. The molecule has 15 heavy (non-hydrogen) atoms. The van der Waals surface area contributed by atoms with Gasteiger partial charge in [0.15, 0.2) is 0 Å². The molecular weight excluding hydrogens is 224 g/mol. The number of thioether (sulfide) groups is 2. The number of amidine groups is 1. The molecule has 0 unspecified atom stereocenters. The third-order valence-corrected chi connectivity index (χ3v) is 3.38. The average Bonchev–Trinajstić information content (AvgIpc) is 2.25. The predicted molar refractivity (Wildman–Crippen MR) is 76.1 cm³/mol. The minimum atomic E-state index is 0.902. The smallest absolute Gasteiger partial charge is 0.0979 e. The van der Waals surface area contributed by atoms with E-state index in [1.54, 1.807) is 0 Å². The fourth-order valence-corrected chi connectivity index (χ4v) is 1.92. The van der Waals surface area contributed by atoms with Gasteiger partial charge in [-0.3, -0.25) is 4.99 Å². The molecule has 0 aromatic carbocycles. The quantitative estimate of drug-likeness (QED) is 0.292. The largest absolute Gasteiger partial charge is 0.365 e. The Morgan fingerprint density at radius 2 is 1.87 bits per heavy atom. The third kappa shape index (κ3) is 10.5. The van der Waals surface area contributed by atoms with E-state index >= 15 is 0 Å². The van der Waals surface area contributed by atoms with Crippen molar-refractivity contribution in [2.75, 3.05) is 23.3 Å². The molecule has 0 saturated heterocycles. The highest BCUT2D eigenvalue weighted by Gasteiger charge is 1.97. The van der Waals surface area contributed by atoms with Gasteiger partial charge in [0.1, 0.15) is 0 Å². The summed E-state index contributed by atoms with van der Waals surface area (Å²) >= 11 is 3.79. The number of nitrogens with zero attached hydrogens (tertiary/aromatic N) is 1. The van der Waals surface area contributed by atoms with Gasteiger partial charge in [-0.2, -0.15) is 0 Å². The van der Waals surface area contributed by atoms with Crippen molar-refractivity contribution in [2.24, 2.45) is 4.99 Å². The molecule has 0 heterocycles. The maximum Gasteiger partial charge on any atom is 0.0979 e. The van der Waals surface area contributed by atoms with Crippen LogP contribution in [0.5, 0.6) is 0 Å². The lowest BCUT2D eigenvalue weighted by Gasteiger charge is -2.08. The fraction of sp³-hybridized carbons (Fsp3) is 0.909. The van der Waals surface area contributed by atoms with Crippen molar-refractivity contribution < 1.29 is 0 Å². The second-order valence-electron chi connectivity index (χ2n) is 3.14. The van der Waals surface area contributed by atoms with E-state index in [0.717, 1.165) is 29.7 Å². The van der Waals surface area contributed by atoms with Crippen LogP contribution in [0.2, 0.25) is 0 Å². The van der Waals surface area contributed by atoms with Crippen LogP contribution in [0, 0.1) is 0 Å². The van der Waals surface area contributed by atoms with Crippen molar-refractivity contribution >= 4 is 29.4 Å². The van der Waals surface area contributed by atoms with Crippen LogP contribution in [-0.2, 0) is 0 Å². The van der Waals surface area contributed by atoms with E-state index in [1.807, 2.05) is 23.5 Å². The second kappa shape index (κ2) is 12.2. The topological polar surface area (TPSA) is 24.4 Å². The molecule has 0 radical (unpaired) electrons. The first-order valence-corrected chi connectivity index (χ1v) is 8.08. The van der Waals surface area contributed by atoms with Gasteiger partial charge in [-0.25, -0.2) is 0 Å². The number of hydrogen-bond donors (Lipinski definition) is 1. The van der Waals surface area contributed by atoms with E-state index in [0.29, 0.717) is 0 Å². The van der Waals surface area contributed by atoms with E-state index in [-0.39, 0.29) is 0 Å². The molecule has 1 N–H and O–H groups in total. The molecule has 0 atom stereocenters. The molecule has 0 rings (SSSR count). The summed E-state index contributed by atoms with van der Waals surface area (Å²) in [7, 11) is 0. The summed E-state index contributed by atoms with van der Waals surface area (Å²) in [4.78, 5) is 4.58. The predicted octanol–water partition coefficient (Wildman–Crippen LogP) is 3.59. The molecule has 0 aliphatic heterocycles. The molecule has 0 aliphatic carbocycles. The van der Waals surface area contributed by atoms with Crippen LogP contribution in [0.25, 0.3) is 0 Å². The van der Waals surface area contributed by atoms with Gasteiger partial charge in [0.25, 0.3) is 0 Å². The molecule has 2 nitrogen and oxygen atoms in total. The van der Waals surface area contributed by atoms with Crippen molar-refractivity contribution in [3.05, 3.63) is 0 Å². The van der Waals surface area contributed by atoms with E-state index in [9.17, 15) is 0 Å². The van der Waals surface area contributed by atoms with Gasteiger partial charge in [-0.05, 0) is 17.9 Å². The SMILES string of the molecule is CCCCC(=NCSCC)NCSCC. The minimum absolute atomic E-state index is 0.902. The summed E-state index contributed by atoms with van der Waals surface area (Å²) < 4.78 is 0. The lowest BCUT2D eigenvalue weighted by molar-refractivity contribution is 0.814. The molecular formula is C11H24N2S2. The zero-order valence-corrected chi connectivity index (χ0v) is 11.8. The summed E-state index contributed by atoms with van der Waals surface area (Å²) in [6.07, 6.45) is 3.58. The first kappa shape index (κ1) is 15.2. The van der Waals surface area contributed by atoms with Crippen LogP contribution in [0.15, 0.2) is 4.99 Å². The van der Waals surface area contributed by atoms with E-state index in [4.69, 9.17) is 0 Å². The first-order valence-electron chi connectivity index (χ1n) is 5.77. The average molecular weight is 248 g/mol. The molecule has 4 heteroatoms. The van der Waals surface area contributed by atoms with Crippen LogP contribution in [0.4, 0.5) is 0 Å². The van der Waals surface area contributed by atoms with Crippen molar-refractivity contribution in [1.82, 2.24) is 5.32 Å². The third-order valence-electron chi connectivity index (χ3n) is 1.90. The molecule has 0 fully saturated rings. The number of unbranched alkanes of at least 4 members (excludes halogenated alkanes) is 1. The highest BCUT2D eigenvalue weighted by molar-refractivity contribution is 7.99. The summed E-state index contributed by atoms with van der Waals surface area (Å²) in [5.41, 5.74) is 0. The summed E-state index contributed by atoms with van der Waals surface area (Å²) in [6, 6.07) is 0. The van der Waals surface area contributed by atoms with Gasteiger partial charge in [0, 0.05) is 6.42 Å². The Balaban J connectivity index is 3.76. The van der Waals surface area contributed by atoms with Crippen LogP contribution in [-0.4, -0.2) is 29.1 Å². The van der Waals surface area contributed by atoms with Gasteiger partial charge >= 0.3 is 0 Å².